The molecule has 0 aromatic heterocycles. The highest BCUT2D eigenvalue weighted by molar-refractivity contribution is 6.30. The van der Waals surface area contributed by atoms with Gasteiger partial charge in [-0.05, 0) is 110 Å². The van der Waals surface area contributed by atoms with E-state index in [1.807, 2.05) is 72.8 Å². The second-order valence-corrected chi connectivity index (χ2v) is 16.5. The third kappa shape index (κ3) is 7.08. The molecule has 4 N–H and O–H groups in total. The quantitative estimate of drug-likeness (QED) is 0.192. The molecule has 3 aromatic rings. The Bertz CT molecular complexity index is 1620. The highest BCUT2D eigenvalue weighted by Gasteiger charge is 2.51. The van der Waals surface area contributed by atoms with Crippen LogP contribution in [0.15, 0.2) is 72.8 Å². The van der Waals surface area contributed by atoms with Crippen molar-refractivity contribution in [2.45, 2.75) is 94.5 Å². The van der Waals surface area contributed by atoms with Gasteiger partial charge in [0.1, 0.15) is 0 Å². The maximum absolute atomic E-state index is 13.4. The van der Waals surface area contributed by atoms with Gasteiger partial charge in [0.25, 0.3) is 0 Å². The zero-order chi connectivity index (χ0) is 34.5. The minimum absolute atomic E-state index is 0.0106. The maximum Gasteiger partial charge on any atom is 0.319 e. The first-order valence-electron chi connectivity index (χ1n) is 18.6. The topological polar surface area (TPSA) is 103 Å². The number of piperidine rings is 1. The number of likely N-dealkylation sites (tertiary alicyclic amines) is 1. The highest BCUT2D eigenvalue weighted by atomic mass is 35.5. The number of amides is 2. The fourth-order valence-electron chi connectivity index (χ4n) is 10.2. The first-order valence-corrected chi connectivity index (χ1v) is 18.9. The van der Waals surface area contributed by atoms with E-state index in [-0.39, 0.29) is 36.3 Å². The second kappa shape index (κ2) is 13.9. The molecule has 50 heavy (non-hydrogen) atoms. The van der Waals surface area contributed by atoms with Gasteiger partial charge in [-0.25, -0.2) is 4.79 Å². The van der Waals surface area contributed by atoms with Gasteiger partial charge in [0.15, 0.2) is 6.29 Å². The number of hydrogen-bond donors (Lipinski definition) is 4. The van der Waals surface area contributed by atoms with Crippen molar-refractivity contribution in [2.75, 3.05) is 25.0 Å². The number of rotatable bonds is 8. The Kier molecular flexibility index (Phi) is 9.46. The van der Waals surface area contributed by atoms with Crippen LogP contribution in [0.3, 0.4) is 0 Å². The monoisotopic (exact) mass is 699 g/mol. The smallest absolute Gasteiger partial charge is 0.319 e. The summed E-state index contributed by atoms with van der Waals surface area (Å²) in [6.07, 6.45) is 7.55. The van der Waals surface area contributed by atoms with Crippen molar-refractivity contribution in [1.82, 2.24) is 10.2 Å². The fraction of sp³-hybridized carbons (Fsp3) is 0.537. The minimum atomic E-state index is -0.877. The van der Waals surface area contributed by atoms with E-state index in [0.29, 0.717) is 30.1 Å². The van der Waals surface area contributed by atoms with Gasteiger partial charge in [0, 0.05) is 47.4 Å². The molecule has 0 unspecified atom stereocenters. The molecule has 6 aliphatic rings. The van der Waals surface area contributed by atoms with Gasteiger partial charge in [-0.2, -0.15) is 0 Å². The molecular weight excluding hydrogens is 650 g/mol. The molecule has 2 amide bonds. The van der Waals surface area contributed by atoms with Crippen LogP contribution in [0, 0.1) is 23.7 Å². The molecule has 0 spiro atoms. The van der Waals surface area contributed by atoms with Gasteiger partial charge in [-0.1, -0.05) is 67.1 Å². The summed E-state index contributed by atoms with van der Waals surface area (Å²) in [5, 5.41) is 28.4. The van der Waals surface area contributed by atoms with E-state index < -0.39 is 11.9 Å². The van der Waals surface area contributed by atoms with Crippen LogP contribution < -0.4 is 10.6 Å². The lowest BCUT2D eigenvalue weighted by atomic mass is 9.53. The summed E-state index contributed by atoms with van der Waals surface area (Å²) >= 11 is 6.11. The van der Waals surface area contributed by atoms with E-state index in [0.717, 1.165) is 72.4 Å². The van der Waals surface area contributed by atoms with Crippen LogP contribution in [0.1, 0.15) is 92.9 Å². The molecule has 266 valence electrons. The standard InChI is InChI=1S/C41H50ClN3O5/c1-26-36(24-45-15-13-41(48,14-16-45)33-9-11-34(42)12-10-33)49-38(50-37(26)31-7-5-27(25-46)6-8-31)32-3-2-4-35(20-32)43-39(47)44-40-21-28-17-29(22-40)19-30(18-28)23-40/h2-12,20,26,28-30,36-38,46,48H,13-19,21-25H2,1H3,(H2,43,44,47)/t26-,28?,29?,30?,36+,37+,38+,40?/m1/s1. The van der Waals surface area contributed by atoms with Gasteiger partial charge in [0.05, 0.1) is 24.4 Å². The number of aliphatic hydroxyl groups is 2. The number of carbonyl (C=O) groups is 1. The molecule has 4 atom stereocenters. The van der Waals surface area contributed by atoms with Crippen LogP contribution in [0.25, 0.3) is 0 Å². The van der Waals surface area contributed by atoms with Crippen LogP contribution in [-0.2, 0) is 21.7 Å². The Balaban J connectivity index is 0.972. The number of nitrogens with zero attached hydrogens (tertiary/aromatic N) is 1. The van der Waals surface area contributed by atoms with E-state index >= 15 is 0 Å². The van der Waals surface area contributed by atoms with Crippen LogP contribution in [0.2, 0.25) is 5.02 Å². The number of benzene rings is 3. The van der Waals surface area contributed by atoms with Gasteiger partial charge >= 0.3 is 6.03 Å². The van der Waals surface area contributed by atoms with Crippen molar-refractivity contribution in [1.29, 1.82) is 0 Å². The third-order valence-corrected chi connectivity index (χ3v) is 12.7. The molecule has 2 heterocycles. The Morgan fingerprint density at radius 1 is 0.900 bits per heavy atom. The van der Waals surface area contributed by atoms with Gasteiger partial charge in [-0.15, -0.1) is 0 Å². The molecule has 0 radical (unpaired) electrons. The Morgan fingerprint density at radius 2 is 1.56 bits per heavy atom. The largest absolute Gasteiger partial charge is 0.392 e. The number of aliphatic hydroxyl groups excluding tert-OH is 1. The predicted octanol–water partition coefficient (Wildman–Crippen LogP) is 7.70. The summed E-state index contributed by atoms with van der Waals surface area (Å²) in [7, 11) is 0. The molecule has 8 nitrogen and oxygen atoms in total. The van der Waals surface area contributed by atoms with Crippen LogP contribution in [0.4, 0.5) is 10.5 Å². The summed E-state index contributed by atoms with van der Waals surface area (Å²) in [6.45, 7) is 4.35. The van der Waals surface area contributed by atoms with E-state index in [9.17, 15) is 15.0 Å². The SMILES string of the molecule is C[C@@H]1[C@H](CN2CCC(O)(c3ccc(Cl)cc3)CC2)O[C@H](c2cccc(NC(=O)NC34CC5CC(CC(C5)C3)C4)c2)O[C@@H]1c1ccc(CO)cc1. The molecule has 4 saturated carbocycles. The molecule has 4 aliphatic carbocycles. The van der Waals surface area contributed by atoms with E-state index in [2.05, 4.69) is 22.5 Å². The lowest BCUT2D eigenvalue weighted by Crippen LogP contribution is -2.60. The van der Waals surface area contributed by atoms with Gasteiger partial charge in [0.2, 0.25) is 0 Å². The summed E-state index contributed by atoms with van der Waals surface area (Å²) in [4.78, 5) is 15.8. The molecule has 4 bridgehead atoms. The van der Waals surface area contributed by atoms with E-state index in [1.165, 1.54) is 19.3 Å². The number of nitrogens with one attached hydrogen (secondary N) is 2. The van der Waals surface area contributed by atoms with Crippen LogP contribution in [-0.4, -0.2) is 52.4 Å². The molecule has 9 heteroatoms. The normalized spacial score (nSPS) is 33.2. The average molecular weight is 700 g/mol. The lowest BCUT2D eigenvalue weighted by molar-refractivity contribution is -0.277. The number of urea groups is 1. The van der Waals surface area contributed by atoms with Crippen molar-refractivity contribution in [3.8, 4) is 0 Å². The first kappa shape index (κ1) is 34.1. The molecule has 9 rings (SSSR count). The Labute approximate surface area is 300 Å². The summed E-state index contributed by atoms with van der Waals surface area (Å²) in [6, 6.07) is 23.2. The number of carbonyl (C=O) groups excluding carboxylic acids is 1. The van der Waals surface area contributed by atoms with Crippen molar-refractivity contribution in [2.24, 2.45) is 23.7 Å². The summed E-state index contributed by atoms with van der Waals surface area (Å²) < 4.78 is 13.5. The fourth-order valence-corrected chi connectivity index (χ4v) is 10.3. The Hall–Kier alpha value is -2.98. The van der Waals surface area contributed by atoms with Crippen molar-refractivity contribution in [3.63, 3.8) is 0 Å². The average Bonchev–Trinajstić information content (AvgIpc) is 3.10. The van der Waals surface area contributed by atoms with Crippen LogP contribution in [0.5, 0.6) is 0 Å². The number of anilines is 1. The molecule has 2 aliphatic heterocycles. The number of ether oxygens (including phenoxy) is 2. The summed E-state index contributed by atoms with van der Waals surface area (Å²) in [5.74, 6) is 2.31. The second-order valence-electron chi connectivity index (χ2n) is 16.1. The highest BCUT2D eigenvalue weighted by Crippen LogP contribution is 2.55. The maximum atomic E-state index is 13.4. The number of halogens is 1. The van der Waals surface area contributed by atoms with Crippen molar-refractivity contribution in [3.05, 3.63) is 100 Å². The van der Waals surface area contributed by atoms with Crippen molar-refractivity contribution < 1.29 is 24.5 Å². The predicted molar refractivity (Wildman–Crippen MR) is 193 cm³/mol. The number of hydrogen-bond acceptors (Lipinski definition) is 6. The molecule has 6 fully saturated rings. The summed E-state index contributed by atoms with van der Waals surface area (Å²) in [5.41, 5.74) is 3.42. The van der Waals surface area contributed by atoms with E-state index in [4.69, 9.17) is 21.1 Å². The van der Waals surface area contributed by atoms with Crippen molar-refractivity contribution >= 4 is 23.3 Å². The minimum Gasteiger partial charge on any atom is -0.392 e. The molecular formula is C41H50ClN3O5. The first-order chi connectivity index (χ1) is 24.2. The Morgan fingerprint density at radius 3 is 2.20 bits per heavy atom. The lowest BCUT2D eigenvalue weighted by Gasteiger charge is -2.56. The zero-order valence-corrected chi connectivity index (χ0v) is 29.7. The molecule has 3 aromatic carbocycles. The van der Waals surface area contributed by atoms with Gasteiger partial charge < -0.3 is 35.2 Å². The van der Waals surface area contributed by atoms with Crippen LogP contribution >= 0.6 is 11.6 Å². The van der Waals surface area contributed by atoms with E-state index in [1.54, 1.807) is 0 Å². The molecule has 2 saturated heterocycles. The van der Waals surface area contributed by atoms with Gasteiger partial charge in [-0.3, -0.25) is 0 Å². The third-order valence-electron chi connectivity index (χ3n) is 12.5. The zero-order valence-electron chi connectivity index (χ0n) is 28.9.